The summed E-state index contributed by atoms with van der Waals surface area (Å²) in [4.78, 5) is 15.6. The zero-order valence-corrected chi connectivity index (χ0v) is 10.3. The first-order valence-electron chi connectivity index (χ1n) is 3.99. The van der Waals surface area contributed by atoms with Crippen molar-refractivity contribution >= 4 is 50.1 Å². The van der Waals surface area contributed by atoms with E-state index in [9.17, 15) is 4.79 Å². The van der Waals surface area contributed by atoms with Crippen LogP contribution in [0.25, 0.3) is 0 Å². The number of hydrogen-bond donors (Lipinski definition) is 2. The Bertz CT molecular complexity index is 337. The van der Waals surface area contributed by atoms with Gasteiger partial charge in [-0.3, -0.25) is 10.1 Å². The van der Waals surface area contributed by atoms with Crippen LogP contribution in [0.2, 0.25) is 0 Å². The molecule has 7 heteroatoms. The van der Waals surface area contributed by atoms with Gasteiger partial charge < -0.3 is 5.32 Å². The summed E-state index contributed by atoms with van der Waals surface area (Å²) in [5.74, 6) is 1.68. The highest BCUT2D eigenvalue weighted by Crippen LogP contribution is 2.23. The molecule has 1 aromatic rings. The van der Waals surface area contributed by atoms with E-state index in [0.717, 1.165) is 15.4 Å². The highest BCUT2D eigenvalue weighted by Gasteiger charge is 2.22. The van der Waals surface area contributed by atoms with Crippen molar-refractivity contribution in [2.24, 2.45) is 0 Å². The quantitative estimate of drug-likeness (QED) is 0.868. The summed E-state index contributed by atoms with van der Waals surface area (Å²) in [5, 5.41) is 6.51. The molecule has 1 aliphatic heterocycles. The van der Waals surface area contributed by atoms with Crippen molar-refractivity contribution < 1.29 is 4.79 Å². The molecular formula is C7H8BrN3OS2. The summed E-state index contributed by atoms with van der Waals surface area (Å²) < 4.78 is 0.918. The van der Waals surface area contributed by atoms with Crippen molar-refractivity contribution in [1.29, 1.82) is 0 Å². The average molecular weight is 294 g/mol. The second kappa shape index (κ2) is 4.61. The Morgan fingerprint density at radius 1 is 1.79 bits per heavy atom. The summed E-state index contributed by atoms with van der Waals surface area (Å²) in [6.45, 7) is 0. The standard InChI is InChI=1S/C7H8BrN3OS2/c8-5-1-9-7(14-5)11-6(12)4-2-13-3-10-4/h1,4,10H,2-3H2,(H,9,11,12). The second-order valence-electron chi connectivity index (χ2n) is 2.73. The molecule has 0 aliphatic carbocycles. The number of carbonyl (C=O) groups excluding carboxylic acids is 1. The summed E-state index contributed by atoms with van der Waals surface area (Å²) in [6.07, 6.45) is 1.68. The van der Waals surface area contributed by atoms with Crippen molar-refractivity contribution in [3.05, 3.63) is 9.98 Å². The van der Waals surface area contributed by atoms with Gasteiger partial charge in [-0.25, -0.2) is 4.98 Å². The molecule has 0 aromatic carbocycles. The lowest BCUT2D eigenvalue weighted by atomic mass is 10.3. The molecule has 1 unspecified atom stereocenters. The van der Waals surface area contributed by atoms with Crippen molar-refractivity contribution in [3.8, 4) is 0 Å². The number of amides is 1. The van der Waals surface area contributed by atoms with Gasteiger partial charge in [-0.1, -0.05) is 11.3 Å². The van der Waals surface area contributed by atoms with E-state index in [1.54, 1.807) is 18.0 Å². The van der Waals surface area contributed by atoms with Crippen LogP contribution < -0.4 is 10.6 Å². The smallest absolute Gasteiger partial charge is 0.244 e. The van der Waals surface area contributed by atoms with Crippen LogP contribution in [-0.4, -0.2) is 28.6 Å². The predicted molar refractivity (Wildman–Crippen MR) is 62.7 cm³/mol. The van der Waals surface area contributed by atoms with Crippen LogP contribution in [0.3, 0.4) is 0 Å². The Balaban J connectivity index is 1.93. The van der Waals surface area contributed by atoms with E-state index in [1.165, 1.54) is 11.3 Å². The Morgan fingerprint density at radius 2 is 2.64 bits per heavy atom. The molecule has 0 spiro atoms. The first-order valence-corrected chi connectivity index (χ1v) is 6.75. The van der Waals surface area contributed by atoms with Gasteiger partial charge in [-0.2, -0.15) is 0 Å². The maximum absolute atomic E-state index is 11.6. The fraction of sp³-hybridized carbons (Fsp3) is 0.429. The number of nitrogens with one attached hydrogen (secondary N) is 2. The van der Waals surface area contributed by atoms with Gasteiger partial charge in [0, 0.05) is 11.6 Å². The predicted octanol–water partition coefficient (Wildman–Crippen LogP) is 1.51. The molecule has 14 heavy (non-hydrogen) atoms. The molecule has 0 saturated carbocycles. The number of hydrogen-bond acceptors (Lipinski definition) is 5. The fourth-order valence-electron chi connectivity index (χ4n) is 1.07. The maximum atomic E-state index is 11.6. The second-order valence-corrected chi connectivity index (χ2v) is 6.17. The van der Waals surface area contributed by atoms with Crippen molar-refractivity contribution in [1.82, 2.24) is 10.3 Å². The molecule has 76 valence electrons. The lowest BCUT2D eigenvalue weighted by Gasteiger charge is -2.07. The molecule has 1 aromatic heterocycles. The third-order valence-corrected chi connectivity index (χ3v) is 4.07. The van der Waals surface area contributed by atoms with Gasteiger partial charge >= 0.3 is 0 Å². The van der Waals surface area contributed by atoms with Crippen LogP contribution in [0.4, 0.5) is 5.13 Å². The molecule has 0 bridgehead atoms. The lowest BCUT2D eigenvalue weighted by molar-refractivity contribution is -0.117. The van der Waals surface area contributed by atoms with E-state index in [1.807, 2.05) is 0 Å². The minimum Gasteiger partial charge on any atom is -0.301 e. The average Bonchev–Trinajstić information content (AvgIpc) is 2.75. The van der Waals surface area contributed by atoms with Gasteiger partial charge in [0.15, 0.2) is 5.13 Å². The summed E-state index contributed by atoms with van der Waals surface area (Å²) in [6, 6.07) is -0.0809. The number of carbonyl (C=O) groups is 1. The van der Waals surface area contributed by atoms with Gasteiger partial charge in [0.2, 0.25) is 5.91 Å². The van der Waals surface area contributed by atoms with Crippen LogP contribution >= 0.6 is 39.0 Å². The molecule has 2 N–H and O–H groups in total. The largest absolute Gasteiger partial charge is 0.301 e. The van der Waals surface area contributed by atoms with Gasteiger partial charge in [0.25, 0.3) is 0 Å². The van der Waals surface area contributed by atoms with E-state index >= 15 is 0 Å². The third-order valence-electron chi connectivity index (χ3n) is 1.74. The first kappa shape index (κ1) is 10.4. The SMILES string of the molecule is O=C(Nc1ncc(Br)s1)C1CSCN1. The lowest BCUT2D eigenvalue weighted by Crippen LogP contribution is -2.37. The molecule has 0 radical (unpaired) electrons. The zero-order chi connectivity index (χ0) is 9.97. The van der Waals surface area contributed by atoms with Gasteiger partial charge in [-0.05, 0) is 15.9 Å². The molecule has 1 saturated heterocycles. The molecule has 2 heterocycles. The zero-order valence-electron chi connectivity index (χ0n) is 7.12. The Kier molecular flexibility index (Phi) is 3.42. The Morgan fingerprint density at radius 3 is 3.21 bits per heavy atom. The molecular weight excluding hydrogens is 286 g/mol. The van der Waals surface area contributed by atoms with Crippen molar-refractivity contribution in [2.45, 2.75) is 6.04 Å². The van der Waals surface area contributed by atoms with Crippen molar-refractivity contribution in [3.63, 3.8) is 0 Å². The third kappa shape index (κ3) is 2.47. The van der Waals surface area contributed by atoms with E-state index in [4.69, 9.17) is 0 Å². The monoisotopic (exact) mass is 293 g/mol. The molecule has 1 atom stereocenters. The fourth-order valence-corrected chi connectivity index (χ4v) is 3.12. The van der Waals surface area contributed by atoms with Crippen LogP contribution in [0.1, 0.15) is 0 Å². The molecule has 1 fully saturated rings. The summed E-state index contributed by atoms with van der Waals surface area (Å²) in [5.41, 5.74) is 0. The molecule has 4 nitrogen and oxygen atoms in total. The number of aromatic nitrogens is 1. The van der Waals surface area contributed by atoms with Crippen molar-refractivity contribution in [2.75, 3.05) is 16.9 Å². The minimum atomic E-state index is -0.0809. The highest BCUT2D eigenvalue weighted by atomic mass is 79.9. The molecule has 1 amide bonds. The van der Waals surface area contributed by atoms with E-state index in [2.05, 4.69) is 31.5 Å². The molecule has 1 aliphatic rings. The van der Waals surface area contributed by atoms with Crippen LogP contribution in [0, 0.1) is 0 Å². The van der Waals surface area contributed by atoms with Crippen LogP contribution in [-0.2, 0) is 4.79 Å². The minimum absolute atomic E-state index is 0.00292. The number of rotatable bonds is 2. The highest BCUT2D eigenvalue weighted by molar-refractivity contribution is 9.11. The topological polar surface area (TPSA) is 54.0 Å². The van der Waals surface area contributed by atoms with E-state index in [-0.39, 0.29) is 11.9 Å². The van der Waals surface area contributed by atoms with Gasteiger partial charge in [0.1, 0.15) is 0 Å². The number of thiazole rings is 1. The number of thioether (sulfide) groups is 1. The number of anilines is 1. The summed E-state index contributed by atoms with van der Waals surface area (Å²) >= 11 is 6.43. The Labute approximate surface area is 98.0 Å². The Hall–Kier alpha value is -0.110. The maximum Gasteiger partial charge on any atom is 0.244 e. The summed E-state index contributed by atoms with van der Waals surface area (Å²) in [7, 11) is 0. The van der Waals surface area contributed by atoms with E-state index in [0.29, 0.717) is 5.13 Å². The number of nitrogens with zero attached hydrogens (tertiary/aromatic N) is 1. The van der Waals surface area contributed by atoms with Gasteiger partial charge in [-0.15, -0.1) is 11.8 Å². The number of halogens is 1. The van der Waals surface area contributed by atoms with Crippen LogP contribution in [0.15, 0.2) is 9.98 Å². The van der Waals surface area contributed by atoms with Gasteiger partial charge in [0.05, 0.1) is 16.0 Å². The van der Waals surface area contributed by atoms with E-state index < -0.39 is 0 Å². The molecule has 2 rings (SSSR count). The first-order chi connectivity index (χ1) is 6.75. The van der Waals surface area contributed by atoms with Crippen LogP contribution in [0.5, 0.6) is 0 Å². The normalized spacial score (nSPS) is 21.1.